The molecule has 2 fully saturated rings. The number of nitrogens with two attached hydrogens (primary N) is 1. The Morgan fingerprint density at radius 3 is 2.47 bits per heavy atom. The highest BCUT2D eigenvalue weighted by molar-refractivity contribution is 7.10. The van der Waals surface area contributed by atoms with E-state index in [0.29, 0.717) is 24.3 Å². The molecule has 226 valence electrons. The summed E-state index contributed by atoms with van der Waals surface area (Å²) in [6.07, 6.45) is 0.196. The molecular weight excluding hydrogens is 590 g/mol. The summed E-state index contributed by atoms with van der Waals surface area (Å²) in [7, 11) is 0. The number of nitrogens with one attached hydrogen (secondary N) is 3. The van der Waals surface area contributed by atoms with Crippen molar-refractivity contribution in [2.24, 2.45) is 5.73 Å². The monoisotopic (exact) mass is 623 g/mol. The molecule has 6 rings (SSSR count). The molecule has 5 N–H and O–H groups in total. The third-order valence-corrected chi connectivity index (χ3v) is 9.31. The number of halogens is 1. The van der Waals surface area contributed by atoms with E-state index in [1.807, 2.05) is 24.3 Å². The molecule has 1 aromatic heterocycles. The van der Waals surface area contributed by atoms with Crippen LogP contribution in [-0.2, 0) is 31.0 Å². The van der Waals surface area contributed by atoms with Crippen molar-refractivity contribution < 1.29 is 23.9 Å². The van der Waals surface area contributed by atoms with E-state index in [1.165, 1.54) is 21.8 Å². The number of nitrogens with zero attached hydrogens (tertiary/aromatic N) is 1. The van der Waals surface area contributed by atoms with Crippen molar-refractivity contribution in [3.8, 4) is 11.1 Å². The van der Waals surface area contributed by atoms with Gasteiger partial charge in [0.05, 0.1) is 32.8 Å². The summed E-state index contributed by atoms with van der Waals surface area (Å²) in [4.78, 5) is 42.1. The van der Waals surface area contributed by atoms with Crippen molar-refractivity contribution in [2.75, 3.05) is 26.3 Å². The molecule has 2 aliphatic heterocycles. The molecule has 1 unspecified atom stereocenters. The normalized spacial score (nSPS) is 18.9. The topological polar surface area (TPSA) is 147 Å². The van der Waals surface area contributed by atoms with Gasteiger partial charge in [-0.3, -0.25) is 19.8 Å². The first-order chi connectivity index (χ1) is 20.1. The minimum atomic E-state index is -1.04. The van der Waals surface area contributed by atoms with Gasteiger partial charge in [0, 0.05) is 33.2 Å². The van der Waals surface area contributed by atoms with E-state index in [-0.39, 0.29) is 61.5 Å². The van der Waals surface area contributed by atoms with Gasteiger partial charge in [-0.25, -0.2) is 0 Å². The maximum Gasteiger partial charge on any atom is 0.251 e. The highest BCUT2D eigenvalue weighted by atomic mass is 35.5. The molecule has 3 aliphatic rings. The van der Waals surface area contributed by atoms with Crippen molar-refractivity contribution in [2.45, 2.75) is 44.1 Å². The average Bonchev–Trinajstić information content (AvgIpc) is 3.77. The van der Waals surface area contributed by atoms with Crippen LogP contribution in [-0.4, -0.2) is 66.6 Å². The Bertz CT molecular complexity index is 1600. The Morgan fingerprint density at radius 1 is 1.02 bits per heavy atom. The highest BCUT2D eigenvalue weighted by Crippen LogP contribution is 2.48. The first-order valence-corrected chi connectivity index (χ1v) is 14.8. The smallest absolute Gasteiger partial charge is 0.251 e. The second-order valence-electron chi connectivity index (χ2n) is 11.4. The molecule has 1 aliphatic carbocycles. The van der Waals surface area contributed by atoms with Gasteiger partial charge in [-0.05, 0) is 40.5 Å². The number of fused-ring (bicyclic) bond motifs is 3. The van der Waals surface area contributed by atoms with Gasteiger partial charge >= 0.3 is 0 Å². The quantitative estimate of drug-likeness (QED) is 0.235. The molecule has 2 saturated heterocycles. The van der Waals surface area contributed by atoms with E-state index in [4.69, 9.17) is 20.6 Å². The lowest BCUT2D eigenvalue weighted by Crippen LogP contribution is -2.49. The summed E-state index contributed by atoms with van der Waals surface area (Å²) in [5.41, 5.74) is 10.9. The Kier molecular flexibility index (Phi) is 8.36. The molecule has 2 aromatic carbocycles. The van der Waals surface area contributed by atoms with Crippen LogP contribution in [0, 0.1) is 5.41 Å². The van der Waals surface area contributed by atoms with Crippen LogP contribution in [0.25, 0.3) is 11.1 Å². The molecule has 0 radical (unpaired) electrons. The Balaban J connectivity index is 0.00000368. The lowest BCUT2D eigenvalue weighted by molar-refractivity contribution is -0.152. The van der Waals surface area contributed by atoms with Gasteiger partial charge in [-0.2, -0.15) is 0 Å². The molecule has 0 bridgehead atoms. The number of carbonyl (C=O) groups excluding carboxylic acids is 3. The Morgan fingerprint density at radius 2 is 1.74 bits per heavy atom. The lowest BCUT2D eigenvalue weighted by Gasteiger charge is -2.24. The number of nitrogen functional groups attached to an aromatic ring is 1. The second-order valence-corrected chi connectivity index (χ2v) is 12.4. The second kappa shape index (κ2) is 11.7. The van der Waals surface area contributed by atoms with Crippen molar-refractivity contribution in [1.82, 2.24) is 15.5 Å². The van der Waals surface area contributed by atoms with Crippen LogP contribution in [0.2, 0.25) is 0 Å². The van der Waals surface area contributed by atoms with E-state index < -0.39 is 17.7 Å². The van der Waals surface area contributed by atoms with Gasteiger partial charge < -0.3 is 30.7 Å². The lowest BCUT2D eigenvalue weighted by atomic mass is 9.82. The summed E-state index contributed by atoms with van der Waals surface area (Å²) in [5.74, 6) is -2.18. The van der Waals surface area contributed by atoms with Crippen LogP contribution in [0.15, 0.2) is 53.9 Å². The van der Waals surface area contributed by atoms with Crippen molar-refractivity contribution >= 4 is 47.3 Å². The van der Waals surface area contributed by atoms with E-state index in [1.54, 1.807) is 17.5 Å². The maximum absolute atomic E-state index is 13.4. The number of rotatable bonds is 7. The number of hydrogen-bond acceptors (Lipinski definition) is 7. The molecular formula is C31H34ClN5O5S. The summed E-state index contributed by atoms with van der Waals surface area (Å²) >= 11 is 1.39. The van der Waals surface area contributed by atoms with E-state index in [9.17, 15) is 14.4 Å². The zero-order chi connectivity index (χ0) is 29.6. The number of amidine groups is 1. The van der Waals surface area contributed by atoms with Crippen molar-refractivity contribution in [1.29, 1.82) is 5.41 Å². The summed E-state index contributed by atoms with van der Waals surface area (Å²) in [6, 6.07) is 14.8. The third-order valence-electron chi connectivity index (χ3n) is 8.38. The number of likely N-dealkylation sites (tertiary alicyclic amines) is 1. The van der Waals surface area contributed by atoms with Gasteiger partial charge in [0.2, 0.25) is 11.8 Å². The minimum absolute atomic E-state index is 0. The van der Waals surface area contributed by atoms with Gasteiger partial charge in [-0.15, -0.1) is 23.7 Å². The van der Waals surface area contributed by atoms with E-state index >= 15 is 0 Å². The number of hydrogen-bond donors (Lipinski definition) is 4. The molecule has 3 heterocycles. The van der Waals surface area contributed by atoms with Crippen LogP contribution in [0.1, 0.15) is 52.2 Å². The Hall–Kier alpha value is -3.77. The number of amides is 3. The zero-order valence-electron chi connectivity index (χ0n) is 23.9. The predicted molar refractivity (Wildman–Crippen MR) is 166 cm³/mol. The maximum atomic E-state index is 13.4. The molecule has 3 aromatic rings. The molecule has 10 nitrogen and oxygen atoms in total. The highest BCUT2D eigenvalue weighted by Gasteiger charge is 2.52. The molecule has 1 atom stereocenters. The standard InChI is InChI=1S/C31H33N5O5S.ClH/c1-30(2)23-6-4-3-5-21(23)22-12-18(7-8-24(22)30)28(38)35-15-26(37)36-17-31(40-9-10-41-31)13-25(36)29(39)34-14-20-11-19(16-42-20)27(32)33;/h3-8,11-12,16,25H,9-10,13-15,17H2,1-2H3,(H3,32,33)(H,34,39)(H,35,38);1H. The zero-order valence-corrected chi connectivity index (χ0v) is 25.5. The van der Waals surface area contributed by atoms with E-state index in [0.717, 1.165) is 21.6 Å². The van der Waals surface area contributed by atoms with Crippen LogP contribution in [0.4, 0.5) is 0 Å². The minimum Gasteiger partial charge on any atom is -0.384 e. The van der Waals surface area contributed by atoms with E-state index in [2.05, 4.69) is 36.6 Å². The molecule has 0 saturated carbocycles. The summed E-state index contributed by atoms with van der Waals surface area (Å²) in [5, 5.41) is 15.0. The number of benzene rings is 2. The average molecular weight is 624 g/mol. The van der Waals surface area contributed by atoms with Crippen LogP contribution >= 0.6 is 23.7 Å². The molecule has 1 spiro atoms. The van der Waals surface area contributed by atoms with Crippen molar-refractivity contribution in [3.05, 3.63) is 81.0 Å². The summed E-state index contributed by atoms with van der Waals surface area (Å²) in [6.45, 7) is 5.17. The number of carbonyl (C=O) groups is 3. The number of thiophene rings is 1. The van der Waals surface area contributed by atoms with Gasteiger partial charge in [-0.1, -0.05) is 44.2 Å². The fourth-order valence-electron chi connectivity index (χ4n) is 6.17. The molecule has 3 amide bonds. The van der Waals surface area contributed by atoms with Gasteiger partial charge in [0.15, 0.2) is 5.79 Å². The third kappa shape index (κ3) is 5.65. The first kappa shape index (κ1) is 30.7. The van der Waals surface area contributed by atoms with Crippen molar-refractivity contribution in [3.63, 3.8) is 0 Å². The van der Waals surface area contributed by atoms with Crippen LogP contribution in [0.5, 0.6) is 0 Å². The largest absolute Gasteiger partial charge is 0.384 e. The molecule has 43 heavy (non-hydrogen) atoms. The fraction of sp³-hybridized carbons (Fsp3) is 0.355. The SMILES string of the molecule is CC1(C)c2ccccc2-c2cc(C(=O)NCC(=O)N3CC4(CC3C(=O)NCc3cc(C(=N)N)cs3)OCCO4)ccc21.Cl. The first-order valence-electron chi connectivity index (χ1n) is 13.9. The van der Waals surface area contributed by atoms with Crippen LogP contribution in [0.3, 0.4) is 0 Å². The van der Waals surface area contributed by atoms with Crippen LogP contribution < -0.4 is 16.4 Å². The fourth-order valence-corrected chi connectivity index (χ4v) is 6.99. The Labute approximate surface area is 259 Å². The van der Waals surface area contributed by atoms with Gasteiger partial charge in [0.1, 0.15) is 11.9 Å². The predicted octanol–water partition coefficient (Wildman–Crippen LogP) is 3.15. The molecule has 12 heteroatoms. The summed E-state index contributed by atoms with van der Waals surface area (Å²) < 4.78 is 11.6. The van der Waals surface area contributed by atoms with Gasteiger partial charge in [0.25, 0.3) is 5.91 Å². The number of ether oxygens (including phenoxy) is 2.